The number of carboxylic acids is 1. The summed E-state index contributed by atoms with van der Waals surface area (Å²) in [5.74, 6) is -1.30. The summed E-state index contributed by atoms with van der Waals surface area (Å²) in [4.78, 5) is 10.3. The second-order valence-corrected chi connectivity index (χ2v) is 2.67. The Kier molecular flexibility index (Phi) is 4.77. The molecule has 0 bridgehead atoms. The molecule has 1 aromatic rings. The van der Waals surface area contributed by atoms with Crippen molar-refractivity contribution in [3.8, 4) is 0 Å². The lowest BCUT2D eigenvalue weighted by Gasteiger charge is -2.06. The van der Waals surface area contributed by atoms with Gasteiger partial charge in [-0.25, -0.2) is 4.79 Å². The van der Waals surface area contributed by atoms with Crippen LogP contribution < -0.4 is 0 Å². The largest absolute Gasteiger partial charge is 0.479 e. The molecule has 0 heterocycles. The third-order valence-corrected chi connectivity index (χ3v) is 1.78. The van der Waals surface area contributed by atoms with Gasteiger partial charge in [-0.15, -0.1) is 12.4 Å². The molecule has 0 saturated carbocycles. The standard InChI is InChI=1S/C8H7ClO3.ClH/c9-6-4-2-1-3-5(6)7(10)8(11)12;/h1-4,7,10H,(H,11,12);1H. The van der Waals surface area contributed by atoms with Crippen LogP contribution in [0.3, 0.4) is 0 Å². The molecule has 0 fully saturated rings. The van der Waals surface area contributed by atoms with Gasteiger partial charge in [0.05, 0.1) is 0 Å². The highest BCUT2D eigenvalue weighted by Gasteiger charge is 2.17. The summed E-state index contributed by atoms with van der Waals surface area (Å²) in [6.07, 6.45) is -1.54. The van der Waals surface area contributed by atoms with E-state index < -0.39 is 12.1 Å². The average Bonchev–Trinajstić information content (AvgIpc) is 2.04. The predicted molar refractivity (Wildman–Crippen MR) is 51.3 cm³/mol. The molecule has 0 aliphatic carbocycles. The van der Waals surface area contributed by atoms with Crippen LogP contribution in [0.25, 0.3) is 0 Å². The highest BCUT2D eigenvalue weighted by atomic mass is 35.5. The maximum Gasteiger partial charge on any atom is 0.337 e. The SMILES string of the molecule is Cl.O=C(O)C(O)c1ccccc1Cl. The van der Waals surface area contributed by atoms with Gasteiger partial charge in [0.1, 0.15) is 0 Å². The van der Waals surface area contributed by atoms with E-state index in [-0.39, 0.29) is 23.0 Å². The van der Waals surface area contributed by atoms with Gasteiger partial charge in [0.2, 0.25) is 0 Å². The Bertz CT molecular complexity index is 301. The number of aliphatic hydroxyl groups is 1. The molecular weight excluding hydrogens is 215 g/mol. The van der Waals surface area contributed by atoms with Crippen molar-refractivity contribution in [3.05, 3.63) is 34.9 Å². The lowest BCUT2D eigenvalue weighted by molar-refractivity contribution is -0.146. The van der Waals surface area contributed by atoms with Crippen molar-refractivity contribution in [2.45, 2.75) is 6.10 Å². The normalized spacial score (nSPS) is 11.5. The number of aliphatic carboxylic acids is 1. The molecule has 1 rings (SSSR count). The predicted octanol–water partition coefficient (Wildman–Crippen LogP) is 1.88. The second-order valence-electron chi connectivity index (χ2n) is 2.26. The fraction of sp³-hybridized carbons (Fsp3) is 0.125. The minimum Gasteiger partial charge on any atom is -0.479 e. The van der Waals surface area contributed by atoms with Gasteiger partial charge in [0, 0.05) is 10.6 Å². The second kappa shape index (κ2) is 5.07. The number of rotatable bonds is 2. The van der Waals surface area contributed by atoms with Gasteiger partial charge in [-0.05, 0) is 6.07 Å². The molecule has 0 radical (unpaired) electrons. The minimum atomic E-state index is -1.54. The summed E-state index contributed by atoms with van der Waals surface area (Å²) in [7, 11) is 0. The number of benzene rings is 1. The summed E-state index contributed by atoms with van der Waals surface area (Å²) in [6.45, 7) is 0. The number of halogens is 2. The molecular formula is C8H8Cl2O3. The van der Waals surface area contributed by atoms with Crippen LogP contribution in [0.4, 0.5) is 0 Å². The third-order valence-electron chi connectivity index (χ3n) is 1.43. The van der Waals surface area contributed by atoms with Crippen LogP contribution in [0, 0.1) is 0 Å². The van der Waals surface area contributed by atoms with Crippen molar-refractivity contribution in [1.29, 1.82) is 0 Å². The minimum absolute atomic E-state index is 0. The van der Waals surface area contributed by atoms with E-state index in [1.807, 2.05) is 0 Å². The van der Waals surface area contributed by atoms with Crippen molar-refractivity contribution < 1.29 is 15.0 Å². The van der Waals surface area contributed by atoms with Crippen LogP contribution in [-0.2, 0) is 4.79 Å². The molecule has 0 saturated heterocycles. The average molecular weight is 223 g/mol. The van der Waals surface area contributed by atoms with E-state index in [1.165, 1.54) is 12.1 Å². The summed E-state index contributed by atoms with van der Waals surface area (Å²) >= 11 is 5.64. The summed E-state index contributed by atoms with van der Waals surface area (Å²) in [6, 6.07) is 6.29. The molecule has 5 heteroatoms. The lowest BCUT2D eigenvalue weighted by Crippen LogP contribution is -2.10. The van der Waals surface area contributed by atoms with E-state index in [0.29, 0.717) is 0 Å². The molecule has 0 aliphatic heterocycles. The van der Waals surface area contributed by atoms with E-state index >= 15 is 0 Å². The van der Waals surface area contributed by atoms with E-state index in [0.717, 1.165) is 0 Å². The van der Waals surface area contributed by atoms with Crippen molar-refractivity contribution in [2.75, 3.05) is 0 Å². The quantitative estimate of drug-likeness (QED) is 0.804. The lowest BCUT2D eigenvalue weighted by atomic mass is 10.1. The van der Waals surface area contributed by atoms with E-state index in [9.17, 15) is 4.79 Å². The monoisotopic (exact) mass is 222 g/mol. The Morgan fingerprint density at radius 2 is 1.92 bits per heavy atom. The summed E-state index contributed by atoms with van der Waals surface area (Å²) in [5, 5.41) is 17.8. The van der Waals surface area contributed by atoms with E-state index in [1.54, 1.807) is 12.1 Å². The fourth-order valence-electron chi connectivity index (χ4n) is 0.830. The molecule has 0 aliphatic rings. The van der Waals surface area contributed by atoms with Crippen LogP contribution in [0.15, 0.2) is 24.3 Å². The van der Waals surface area contributed by atoms with Crippen LogP contribution in [-0.4, -0.2) is 16.2 Å². The molecule has 1 unspecified atom stereocenters. The van der Waals surface area contributed by atoms with Crippen molar-refractivity contribution in [3.63, 3.8) is 0 Å². The number of hydrogen-bond donors (Lipinski definition) is 2. The first-order valence-electron chi connectivity index (χ1n) is 3.28. The maximum atomic E-state index is 10.3. The first kappa shape index (κ1) is 12.2. The van der Waals surface area contributed by atoms with Crippen molar-refractivity contribution in [2.24, 2.45) is 0 Å². The van der Waals surface area contributed by atoms with Crippen molar-refractivity contribution in [1.82, 2.24) is 0 Å². The molecule has 0 aromatic heterocycles. The number of carbonyl (C=O) groups is 1. The Balaban J connectivity index is 0.00000144. The van der Waals surface area contributed by atoms with Gasteiger partial charge >= 0.3 is 5.97 Å². The highest BCUT2D eigenvalue weighted by Crippen LogP contribution is 2.22. The Morgan fingerprint density at radius 1 is 1.38 bits per heavy atom. The molecule has 13 heavy (non-hydrogen) atoms. The number of hydrogen-bond acceptors (Lipinski definition) is 2. The van der Waals surface area contributed by atoms with Crippen LogP contribution in [0.1, 0.15) is 11.7 Å². The van der Waals surface area contributed by atoms with Gasteiger partial charge in [0.25, 0.3) is 0 Å². The number of carboxylic acid groups (broad SMARTS) is 1. The molecule has 72 valence electrons. The Hall–Kier alpha value is -0.770. The van der Waals surface area contributed by atoms with Gasteiger partial charge in [-0.3, -0.25) is 0 Å². The molecule has 2 N–H and O–H groups in total. The smallest absolute Gasteiger partial charge is 0.337 e. The van der Waals surface area contributed by atoms with Gasteiger partial charge in [-0.1, -0.05) is 29.8 Å². The van der Waals surface area contributed by atoms with Crippen LogP contribution in [0.5, 0.6) is 0 Å². The highest BCUT2D eigenvalue weighted by molar-refractivity contribution is 6.31. The van der Waals surface area contributed by atoms with Gasteiger partial charge < -0.3 is 10.2 Å². The first-order chi connectivity index (χ1) is 5.63. The number of aliphatic hydroxyl groups excluding tert-OH is 1. The third kappa shape index (κ3) is 2.88. The summed E-state index contributed by atoms with van der Waals surface area (Å²) < 4.78 is 0. The zero-order valence-electron chi connectivity index (χ0n) is 6.48. The van der Waals surface area contributed by atoms with E-state index in [4.69, 9.17) is 21.8 Å². The van der Waals surface area contributed by atoms with Crippen molar-refractivity contribution >= 4 is 30.0 Å². The maximum absolute atomic E-state index is 10.3. The molecule has 0 amide bonds. The topological polar surface area (TPSA) is 57.5 Å². The van der Waals surface area contributed by atoms with E-state index in [2.05, 4.69) is 0 Å². The fourth-order valence-corrected chi connectivity index (χ4v) is 1.07. The van der Waals surface area contributed by atoms with Gasteiger partial charge in [-0.2, -0.15) is 0 Å². The summed E-state index contributed by atoms with van der Waals surface area (Å²) in [5.41, 5.74) is 0.215. The van der Waals surface area contributed by atoms with Crippen LogP contribution >= 0.6 is 24.0 Å². The zero-order chi connectivity index (χ0) is 9.14. The van der Waals surface area contributed by atoms with Gasteiger partial charge in [0.15, 0.2) is 6.10 Å². The van der Waals surface area contributed by atoms with Crippen LogP contribution in [0.2, 0.25) is 5.02 Å². The zero-order valence-corrected chi connectivity index (χ0v) is 8.05. The first-order valence-corrected chi connectivity index (χ1v) is 3.66. The molecule has 0 spiro atoms. The Morgan fingerprint density at radius 3 is 2.38 bits per heavy atom. The molecule has 1 atom stereocenters. The molecule has 3 nitrogen and oxygen atoms in total. The Labute approximate surface area is 86.4 Å². The molecule has 1 aromatic carbocycles.